The molecule has 1 amide bonds. The summed E-state index contributed by atoms with van der Waals surface area (Å²) in [7, 11) is -0.220. The van der Waals surface area contributed by atoms with Crippen molar-refractivity contribution in [2.75, 3.05) is 46.7 Å². The van der Waals surface area contributed by atoms with E-state index in [1.54, 1.807) is 19.2 Å². The van der Waals surface area contributed by atoms with Crippen molar-refractivity contribution < 1.29 is 22.7 Å². The molecule has 0 aromatic heterocycles. The van der Waals surface area contributed by atoms with Gasteiger partial charge in [0.05, 0.1) is 26.4 Å². The molecular formula is C15H24N2O5S. The van der Waals surface area contributed by atoms with Crippen LogP contribution in [-0.2, 0) is 26.0 Å². The van der Waals surface area contributed by atoms with Crippen molar-refractivity contribution in [1.29, 1.82) is 0 Å². The molecule has 8 heteroatoms. The lowest BCUT2D eigenvalue weighted by Gasteiger charge is -2.19. The highest BCUT2D eigenvalue weighted by atomic mass is 32.2. The van der Waals surface area contributed by atoms with Gasteiger partial charge in [-0.1, -0.05) is 12.1 Å². The van der Waals surface area contributed by atoms with E-state index >= 15 is 0 Å². The number of nitrogens with zero attached hydrogens (tertiary/aromatic N) is 1. The van der Waals surface area contributed by atoms with Crippen LogP contribution in [0.15, 0.2) is 24.3 Å². The molecule has 23 heavy (non-hydrogen) atoms. The van der Waals surface area contributed by atoms with Crippen LogP contribution in [-0.4, -0.2) is 65.3 Å². The number of benzene rings is 1. The van der Waals surface area contributed by atoms with Crippen molar-refractivity contribution >= 4 is 15.9 Å². The number of amides is 1. The van der Waals surface area contributed by atoms with Gasteiger partial charge in [0.2, 0.25) is 15.9 Å². The fourth-order valence-corrected chi connectivity index (χ4v) is 2.78. The Labute approximate surface area is 137 Å². The van der Waals surface area contributed by atoms with Gasteiger partial charge in [-0.2, -0.15) is 4.31 Å². The molecule has 1 aromatic carbocycles. The van der Waals surface area contributed by atoms with Gasteiger partial charge in [-0.3, -0.25) is 4.79 Å². The smallest absolute Gasteiger partial charge is 0.224 e. The maximum atomic E-state index is 11.9. The third-order valence-electron chi connectivity index (χ3n) is 3.22. The van der Waals surface area contributed by atoms with Crippen molar-refractivity contribution in [3.63, 3.8) is 0 Å². The molecular weight excluding hydrogens is 320 g/mol. The zero-order chi connectivity index (χ0) is 17.3. The molecule has 1 aromatic rings. The quantitative estimate of drug-likeness (QED) is 0.658. The molecule has 0 atom stereocenters. The first kappa shape index (κ1) is 19.4. The highest BCUT2D eigenvalue weighted by molar-refractivity contribution is 7.88. The number of hydrogen-bond acceptors (Lipinski definition) is 5. The van der Waals surface area contributed by atoms with Crippen LogP contribution in [0.2, 0.25) is 0 Å². The number of carbonyl (C=O) groups is 1. The Morgan fingerprint density at radius 2 is 1.83 bits per heavy atom. The Morgan fingerprint density at radius 3 is 2.35 bits per heavy atom. The van der Waals surface area contributed by atoms with Gasteiger partial charge in [-0.15, -0.1) is 0 Å². The van der Waals surface area contributed by atoms with Gasteiger partial charge in [0, 0.05) is 26.7 Å². The molecule has 0 saturated heterocycles. The average Bonchev–Trinajstić information content (AvgIpc) is 2.50. The molecule has 0 aliphatic rings. The Morgan fingerprint density at radius 1 is 1.17 bits per heavy atom. The van der Waals surface area contributed by atoms with E-state index in [1.807, 2.05) is 12.1 Å². The zero-order valence-corrected chi connectivity index (χ0v) is 14.6. The molecule has 130 valence electrons. The summed E-state index contributed by atoms with van der Waals surface area (Å²) in [6, 6.07) is 7.22. The molecule has 0 aliphatic carbocycles. The lowest BCUT2D eigenvalue weighted by atomic mass is 10.1. The molecule has 0 heterocycles. The summed E-state index contributed by atoms with van der Waals surface area (Å²) in [5, 5.41) is 2.72. The molecule has 0 unspecified atom stereocenters. The summed E-state index contributed by atoms with van der Waals surface area (Å²) in [4.78, 5) is 11.9. The van der Waals surface area contributed by atoms with Crippen molar-refractivity contribution in [3.8, 4) is 5.75 Å². The second-order valence-electron chi connectivity index (χ2n) is 5.03. The van der Waals surface area contributed by atoms with E-state index in [0.717, 1.165) is 17.6 Å². The molecule has 0 bridgehead atoms. The number of carbonyl (C=O) groups excluding carboxylic acids is 1. The van der Waals surface area contributed by atoms with E-state index in [9.17, 15) is 13.2 Å². The standard InChI is InChI=1S/C15H24N2O5S/c1-21-11-10-17(23(3,19)20)9-8-16-15(18)12-13-4-6-14(22-2)7-5-13/h4-7H,8-12H2,1-3H3,(H,16,18). The van der Waals surface area contributed by atoms with Gasteiger partial charge in [0.25, 0.3) is 0 Å². The van der Waals surface area contributed by atoms with Gasteiger partial charge in [-0.25, -0.2) is 8.42 Å². The minimum atomic E-state index is -3.31. The second-order valence-corrected chi connectivity index (χ2v) is 7.01. The summed E-state index contributed by atoms with van der Waals surface area (Å²) >= 11 is 0. The highest BCUT2D eigenvalue weighted by Crippen LogP contribution is 2.11. The first-order valence-electron chi connectivity index (χ1n) is 7.20. The summed E-state index contributed by atoms with van der Waals surface area (Å²) < 4.78 is 34.4. The van der Waals surface area contributed by atoms with E-state index < -0.39 is 10.0 Å². The monoisotopic (exact) mass is 344 g/mol. The second kappa shape index (κ2) is 9.49. The van der Waals surface area contributed by atoms with Crippen LogP contribution in [0.1, 0.15) is 5.56 Å². The third-order valence-corrected chi connectivity index (χ3v) is 4.52. The van der Waals surface area contributed by atoms with Crippen LogP contribution in [0.3, 0.4) is 0 Å². The molecule has 0 spiro atoms. The van der Waals surface area contributed by atoms with Gasteiger partial charge in [0.15, 0.2) is 0 Å². The van der Waals surface area contributed by atoms with E-state index in [2.05, 4.69) is 5.32 Å². The highest BCUT2D eigenvalue weighted by Gasteiger charge is 2.16. The average molecular weight is 344 g/mol. The first-order chi connectivity index (χ1) is 10.9. The first-order valence-corrected chi connectivity index (χ1v) is 9.05. The summed E-state index contributed by atoms with van der Waals surface area (Å²) in [5.41, 5.74) is 0.864. The largest absolute Gasteiger partial charge is 0.497 e. The van der Waals surface area contributed by atoms with Gasteiger partial charge >= 0.3 is 0 Å². The number of nitrogens with one attached hydrogen (secondary N) is 1. The van der Waals surface area contributed by atoms with Crippen molar-refractivity contribution in [1.82, 2.24) is 9.62 Å². The lowest BCUT2D eigenvalue weighted by molar-refractivity contribution is -0.120. The number of rotatable bonds is 10. The van der Waals surface area contributed by atoms with Crippen molar-refractivity contribution in [2.45, 2.75) is 6.42 Å². The van der Waals surface area contributed by atoms with Gasteiger partial charge < -0.3 is 14.8 Å². The summed E-state index contributed by atoms with van der Waals surface area (Å²) in [6.45, 7) is 1.05. The topological polar surface area (TPSA) is 84.9 Å². The molecule has 0 aliphatic heterocycles. The van der Waals surface area contributed by atoms with Crippen LogP contribution in [0, 0.1) is 0 Å². The molecule has 0 fully saturated rings. The van der Waals surface area contributed by atoms with Crippen LogP contribution in [0.5, 0.6) is 5.75 Å². The minimum Gasteiger partial charge on any atom is -0.497 e. The number of hydrogen-bond donors (Lipinski definition) is 1. The maximum Gasteiger partial charge on any atom is 0.224 e. The fourth-order valence-electron chi connectivity index (χ4n) is 1.95. The van der Waals surface area contributed by atoms with E-state index in [-0.39, 0.29) is 32.0 Å². The molecule has 1 rings (SSSR count). The van der Waals surface area contributed by atoms with E-state index in [4.69, 9.17) is 9.47 Å². The van der Waals surface area contributed by atoms with Crippen LogP contribution in [0.4, 0.5) is 0 Å². The van der Waals surface area contributed by atoms with E-state index in [1.165, 1.54) is 11.4 Å². The SMILES string of the molecule is COCCN(CCNC(=O)Cc1ccc(OC)cc1)S(C)(=O)=O. The normalized spacial score (nSPS) is 11.5. The minimum absolute atomic E-state index is 0.157. The third kappa shape index (κ3) is 7.45. The molecule has 1 N–H and O–H groups in total. The van der Waals surface area contributed by atoms with Crippen LogP contribution < -0.4 is 10.1 Å². The van der Waals surface area contributed by atoms with Crippen LogP contribution >= 0.6 is 0 Å². The summed E-state index contributed by atoms with van der Waals surface area (Å²) in [6.07, 6.45) is 1.38. The molecule has 0 saturated carbocycles. The Kier molecular flexibility index (Phi) is 8.01. The van der Waals surface area contributed by atoms with Crippen molar-refractivity contribution in [3.05, 3.63) is 29.8 Å². The molecule has 7 nitrogen and oxygen atoms in total. The zero-order valence-electron chi connectivity index (χ0n) is 13.7. The fraction of sp³-hybridized carbons (Fsp3) is 0.533. The Hall–Kier alpha value is -1.64. The maximum absolute atomic E-state index is 11.9. The molecule has 0 radical (unpaired) electrons. The van der Waals surface area contributed by atoms with Crippen LogP contribution in [0.25, 0.3) is 0 Å². The van der Waals surface area contributed by atoms with Crippen molar-refractivity contribution in [2.24, 2.45) is 0 Å². The van der Waals surface area contributed by atoms with E-state index in [0.29, 0.717) is 6.61 Å². The Bertz CT molecular complexity index is 586. The van der Waals surface area contributed by atoms with Gasteiger partial charge in [-0.05, 0) is 17.7 Å². The predicted molar refractivity (Wildman–Crippen MR) is 88.0 cm³/mol. The number of ether oxygens (including phenoxy) is 2. The predicted octanol–water partition coefficient (Wildman–Crippen LogP) is 0.262. The number of sulfonamides is 1. The summed E-state index contributed by atoms with van der Waals surface area (Å²) in [5.74, 6) is 0.575. The number of methoxy groups -OCH3 is 2. The Balaban J connectivity index is 2.41. The van der Waals surface area contributed by atoms with Gasteiger partial charge in [0.1, 0.15) is 5.75 Å². The lowest BCUT2D eigenvalue weighted by Crippen LogP contribution is -2.40.